The summed E-state index contributed by atoms with van der Waals surface area (Å²) in [6.07, 6.45) is 5.24. The Morgan fingerprint density at radius 1 is 0.783 bits per heavy atom. The van der Waals surface area contributed by atoms with Crippen LogP contribution in [-0.4, -0.2) is 5.79 Å². The first-order chi connectivity index (χ1) is 11.1. The molecule has 2 heterocycles. The molecule has 2 fully saturated rings. The van der Waals surface area contributed by atoms with Crippen molar-refractivity contribution in [1.82, 2.24) is 0 Å². The lowest BCUT2D eigenvalue weighted by Crippen LogP contribution is -2.42. The van der Waals surface area contributed by atoms with Crippen molar-refractivity contribution >= 4 is 0 Å². The van der Waals surface area contributed by atoms with Crippen molar-refractivity contribution in [3.05, 3.63) is 65.2 Å². The fraction of sp³-hybridized carbons (Fsp3) is 0.429. The third-order valence-electron chi connectivity index (χ3n) is 5.33. The molecule has 0 radical (unpaired) electrons. The maximum Gasteiger partial charge on any atom is 0.211 e. The molecule has 2 aromatic rings. The number of hydrogen-bond acceptors (Lipinski definition) is 2. The zero-order valence-electron chi connectivity index (χ0n) is 14.0. The van der Waals surface area contributed by atoms with E-state index in [1.807, 2.05) is 12.1 Å². The number of hydrogen-bond donors (Lipinski definition) is 0. The second-order valence-electron chi connectivity index (χ2n) is 7.14. The van der Waals surface area contributed by atoms with E-state index >= 15 is 0 Å². The molecule has 2 heteroatoms. The van der Waals surface area contributed by atoms with Gasteiger partial charge in [0, 0.05) is 12.8 Å². The van der Waals surface area contributed by atoms with Gasteiger partial charge in [-0.15, -0.1) is 0 Å². The first-order valence-corrected chi connectivity index (χ1v) is 8.62. The van der Waals surface area contributed by atoms with Crippen molar-refractivity contribution in [3.63, 3.8) is 0 Å². The van der Waals surface area contributed by atoms with Gasteiger partial charge in [-0.2, -0.15) is 0 Å². The molecule has 0 amide bonds. The van der Waals surface area contributed by atoms with Gasteiger partial charge in [0.1, 0.15) is 5.75 Å². The van der Waals surface area contributed by atoms with E-state index in [9.17, 15) is 0 Å². The second-order valence-corrected chi connectivity index (χ2v) is 7.14. The summed E-state index contributed by atoms with van der Waals surface area (Å²) in [4.78, 5) is 0. The summed E-state index contributed by atoms with van der Waals surface area (Å²) >= 11 is 0. The minimum absolute atomic E-state index is 0.156. The average molecular weight is 308 g/mol. The molecule has 4 rings (SSSR count). The Bertz CT molecular complexity index is 689. The van der Waals surface area contributed by atoms with Crippen molar-refractivity contribution in [2.75, 3.05) is 0 Å². The number of aryl methyl sites for hydroxylation is 2. The molecule has 2 atom stereocenters. The molecule has 0 saturated carbocycles. The topological polar surface area (TPSA) is 18.5 Å². The molecule has 23 heavy (non-hydrogen) atoms. The molecule has 2 nitrogen and oxygen atoms in total. The van der Waals surface area contributed by atoms with Gasteiger partial charge in [-0.05, 0) is 50.8 Å². The van der Waals surface area contributed by atoms with Crippen LogP contribution < -0.4 is 4.74 Å². The van der Waals surface area contributed by atoms with Crippen LogP contribution in [0.5, 0.6) is 5.75 Å². The minimum Gasteiger partial charge on any atom is -0.462 e. The Morgan fingerprint density at radius 2 is 1.43 bits per heavy atom. The standard InChI is InChI=1S/C21H24O2/c1-16-4-8-18(9-5-16)20-12-3-13-21(23-20,15-14-20)22-19-10-6-17(2)7-11-19/h4-11H,3,12-15H2,1-2H3/t20-,21+/m0/s1. The molecule has 120 valence electrons. The normalized spacial score (nSPS) is 29.5. The molecular weight excluding hydrogens is 284 g/mol. The summed E-state index contributed by atoms with van der Waals surface area (Å²) in [5.41, 5.74) is 3.69. The van der Waals surface area contributed by atoms with Crippen LogP contribution in [0.4, 0.5) is 0 Å². The predicted octanol–water partition coefficient (Wildman–Crippen LogP) is 5.27. The number of ether oxygens (including phenoxy) is 2. The molecule has 0 aromatic heterocycles. The monoisotopic (exact) mass is 308 g/mol. The highest BCUT2D eigenvalue weighted by atomic mass is 16.7. The van der Waals surface area contributed by atoms with Crippen molar-refractivity contribution in [2.45, 2.75) is 57.3 Å². The summed E-state index contributed by atoms with van der Waals surface area (Å²) in [5.74, 6) is 0.468. The minimum atomic E-state index is -0.446. The summed E-state index contributed by atoms with van der Waals surface area (Å²) in [7, 11) is 0. The largest absolute Gasteiger partial charge is 0.462 e. The average Bonchev–Trinajstić information content (AvgIpc) is 2.82. The Kier molecular flexibility index (Phi) is 3.46. The van der Waals surface area contributed by atoms with Crippen molar-refractivity contribution in [3.8, 4) is 5.75 Å². The number of rotatable bonds is 3. The molecule has 2 aliphatic rings. The zero-order valence-corrected chi connectivity index (χ0v) is 14.0. The van der Waals surface area contributed by atoms with Crippen LogP contribution in [0, 0.1) is 13.8 Å². The van der Waals surface area contributed by atoms with Crippen molar-refractivity contribution in [2.24, 2.45) is 0 Å². The Balaban J connectivity index is 1.60. The van der Waals surface area contributed by atoms with E-state index in [-0.39, 0.29) is 5.60 Å². The van der Waals surface area contributed by atoms with Crippen LogP contribution in [-0.2, 0) is 10.3 Å². The van der Waals surface area contributed by atoms with Crippen LogP contribution >= 0.6 is 0 Å². The highest BCUT2D eigenvalue weighted by molar-refractivity contribution is 5.30. The first-order valence-electron chi connectivity index (χ1n) is 8.62. The van der Waals surface area contributed by atoms with Gasteiger partial charge in [-0.25, -0.2) is 0 Å². The summed E-state index contributed by atoms with van der Waals surface area (Å²) in [6, 6.07) is 17.1. The highest BCUT2D eigenvalue weighted by Gasteiger charge is 2.54. The van der Waals surface area contributed by atoms with Gasteiger partial charge in [0.2, 0.25) is 5.79 Å². The molecule has 2 saturated heterocycles. The highest BCUT2D eigenvalue weighted by Crippen LogP contribution is 2.54. The molecule has 0 aliphatic carbocycles. The first kappa shape index (κ1) is 14.8. The van der Waals surface area contributed by atoms with E-state index in [4.69, 9.17) is 9.47 Å². The summed E-state index contributed by atoms with van der Waals surface area (Å²) in [6.45, 7) is 4.22. The van der Waals surface area contributed by atoms with Gasteiger partial charge in [0.25, 0.3) is 0 Å². The smallest absolute Gasteiger partial charge is 0.211 e. The molecule has 0 N–H and O–H groups in total. The lowest BCUT2D eigenvalue weighted by atomic mass is 9.86. The summed E-state index contributed by atoms with van der Waals surface area (Å²) in [5, 5.41) is 0. The zero-order chi connectivity index (χ0) is 15.9. The molecule has 2 bridgehead atoms. The predicted molar refractivity (Wildman–Crippen MR) is 91.6 cm³/mol. The fourth-order valence-electron chi connectivity index (χ4n) is 3.99. The van der Waals surface area contributed by atoms with Crippen LogP contribution in [0.1, 0.15) is 48.8 Å². The SMILES string of the molecule is Cc1ccc(O[C@@]23CCC[C@@](c4ccc(C)cc4)(CC2)O3)cc1. The quantitative estimate of drug-likeness (QED) is 0.769. The molecule has 0 spiro atoms. The molecule has 0 unspecified atom stereocenters. The Labute approximate surface area is 138 Å². The van der Waals surface area contributed by atoms with Gasteiger partial charge in [0.15, 0.2) is 0 Å². The van der Waals surface area contributed by atoms with Crippen LogP contribution in [0.15, 0.2) is 48.5 Å². The molecule has 2 aromatic carbocycles. The van der Waals surface area contributed by atoms with Gasteiger partial charge >= 0.3 is 0 Å². The van der Waals surface area contributed by atoms with Crippen LogP contribution in [0.3, 0.4) is 0 Å². The number of fused-ring (bicyclic) bond motifs is 2. The Hall–Kier alpha value is -1.80. The van der Waals surface area contributed by atoms with E-state index in [0.717, 1.165) is 37.9 Å². The van der Waals surface area contributed by atoms with Crippen molar-refractivity contribution in [1.29, 1.82) is 0 Å². The third-order valence-corrected chi connectivity index (χ3v) is 5.33. The third kappa shape index (κ3) is 2.66. The molecular formula is C21H24O2. The second kappa shape index (κ2) is 5.38. The van der Waals surface area contributed by atoms with Crippen LogP contribution in [0.25, 0.3) is 0 Å². The van der Waals surface area contributed by atoms with Gasteiger partial charge < -0.3 is 9.47 Å². The van der Waals surface area contributed by atoms with E-state index in [0.29, 0.717) is 0 Å². The van der Waals surface area contributed by atoms with E-state index in [1.54, 1.807) is 0 Å². The van der Waals surface area contributed by atoms with Crippen molar-refractivity contribution < 1.29 is 9.47 Å². The fourth-order valence-corrected chi connectivity index (χ4v) is 3.99. The van der Waals surface area contributed by atoms with E-state index in [2.05, 4.69) is 50.2 Å². The molecule has 2 aliphatic heterocycles. The van der Waals surface area contributed by atoms with Crippen LogP contribution in [0.2, 0.25) is 0 Å². The van der Waals surface area contributed by atoms with Gasteiger partial charge in [-0.1, -0.05) is 47.5 Å². The Morgan fingerprint density at radius 3 is 2.13 bits per heavy atom. The maximum atomic E-state index is 6.61. The lowest BCUT2D eigenvalue weighted by Gasteiger charge is -2.40. The summed E-state index contributed by atoms with van der Waals surface area (Å²) < 4.78 is 12.9. The lowest BCUT2D eigenvalue weighted by molar-refractivity contribution is -0.237. The van der Waals surface area contributed by atoms with Gasteiger partial charge in [0.05, 0.1) is 5.60 Å². The maximum absolute atomic E-state index is 6.61. The van der Waals surface area contributed by atoms with E-state index < -0.39 is 5.79 Å². The number of benzene rings is 2. The van der Waals surface area contributed by atoms with Gasteiger partial charge in [-0.3, -0.25) is 0 Å². The van der Waals surface area contributed by atoms with E-state index in [1.165, 1.54) is 16.7 Å².